The number of benzene rings is 1. The molecule has 178 valence electrons. The molecule has 0 N–H and O–H groups in total. The number of carbonyl (C=O) groups is 1. The highest BCUT2D eigenvalue weighted by Gasteiger charge is 2.21. The van der Waals surface area contributed by atoms with Crippen LogP contribution >= 0.6 is 0 Å². The number of hydrogen-bond donors (Lipinski definition) is 0. The Hall–Kier alpha value is -1.51. The Morgan fingerprint density at radius 3 is 1.87 bits per heavy atom. The van der Waals surface area contributed by atoms with Crippen molar-refractivity contribution >= 4 is 5.97 Å². The largest absolute Gasteiger partial charge is 0.496 e. The van der Waals surface area contributed by atoms with E-state index in [0.29, 0.717) is 12.5 Å². The summed E-state index contributed by atoms with van der Waals surface area (Å²) in [7, 11) is 1.65. The number of unbranched alkanes of at least 4 members (excludes halogenated alkanes) is 10. The third kappa shape index (κ3) is 12.2. The third-order valence-corrected chi connectivity index (χ3v) is 6.35. The van der Waals surface area contributed by atoms with Crippen LogP contribution in [-0.4, -0.2) is 19.7 Å². The fourth-order valence-corrected chi connectivity index (χ4v) is 4.21. The van der Waals surface area contributed by atoms with E-state index in [-0.39, 0.29) is 11.9 Å². The normalized spacial score (nSPS) is 12.2. The van der Waals surface area contributed by atoms with Crippen molar-refractivity contribution in [3.8, 4) is 5.75 Å². The standard InChI is InChI=1S/C28H48O3/c1-5-7-9-11-13-15-19-25(20-16-14-12-10-8-6-2)23-31-28(29)24(3)26-21-17-18-22-27(26)30-4/h17-18,21-22,24-25H,5-16,19-20,23H2,1-4H3. The highest BCUT2D eigenvalue weighted by atomic mass is 16.5. The van der Waals surface area contributed by atoms with E-state index in [0.717, 1.165) is 11.3 Å². The first kappa shape index (κ1) is 27.5. The Balaban J connectivity index is 2.48. The summed E-state index contributed by atoms with van der Waals surface area (Å²) in [6.07, 6.45) is 18.1. The lowest BCUT2D eigenvalue weighted by molar-refractivity contribution is -0.146. The molecule has 0 radical (unpaired) electrons. The lowest BCUT2D eigenvalue weighted by Crippen LogP contribution is -2.19. The van der Waals surface area contributed by atoms with Gasteiger partial charge in [0.05, 0.1) is 19.6 Å². The molecule has 0 aliphatic carbocycles. The second-order valence-electron chi connectivity index (χ2n) is 9.07. The lowest BCUT2D eigenvalue weighted by Gasteiger charge is -2.20. The summed E-state index contributed by atoms with van der Waals surface area (Å²) in [5.41, 5.74) is 0.901. The zero-order chi connectivity index (χ0) is 22.7. The molecule has 0 saturated heterocycles. The molecule has 0 aromatic heterocycles. The molecule has 0 saturated carbocycles. The zero-order valence-electron chi connectivity index (χ0n) is 20.8. The molecule has 3 nitrogen and oxygen atoms in total. The third-order valence-electron chi connectivity index (χ3n) is 6.35. The van der Waals surface area contributed by atoms with Gasteiger partial charge in [-0.25, -0.2) is 0 Å². The van der Waals surface area contributed by atoms with Crippen molar-refractivity contribution in [1.29, 1.82) is 0 Å². The smallest absolute Gasteiger partial charge is 0.313 e. The molecular formula is C28H48O3. The van der Waals surface area contributed by atoms with Crippen molar-refractivity contribution in [3.05, 3.63) is 29.8 Å². The average molecular weight is 433 g/mol. The minimum Gasteiger partial charge on any atom is -0.496 e. The number of rotatable bonds is 19. The summed E-state index contributed by atoms with van der Waals surface area (Å²) in [5.74, 6) is 0.800. The minimum absolute atomic E-state index is 0.139. The fraction of sp³-hybridized carbons (Fsp3) is 0.750. The Labute approximate surface area is 192 Å². The van der Waals surface area contributed by atoms with Crippen LogP contribution in [-0.2, 0) is 9.53 Å². The van der Waals surface area contributed by atoms with Crippen molar-refractivity contribution < 1.29 is 14.3 Å². The van der Waals surface area contributed by atoms with E-state index >= 15 is 0 Å². The van der Waals surface area contributed by atoms with Gasteiger partial charge in [0.2, 0.25) is 0 Å². The lowest BCUT2D eigenvalue weighted by atomic mass is 9.94. The van der Waals surface area contributed by atoms with E-state index in [1.165, 1.54) is 89.9 Å². The Morgan fingerprint density at radius 1 is 0.806 bits per heavy atom. The fourth-order valence-electron chi connectivity index (χ4n) is 4.21. The number of hydrogen-bond acceptors (Lipinski definition) is 3. The van der Waals surface area contributed by atoms with Gasteiger partial charge in [0.1, 0.15) is 5.75 Å². The molecule has 1 unspecified atom stereocenters. The van der Waals surface area contributed by atoms with Gasteiger partial charge in [-0.3, -0.25) is 4.79 Å². The van der Waals surface area contributed by atoms with Gasteiger partial charge >= 0.3 is 5.97 Å². The molecule has 0 fully saturated rings. The van der Waals surface area contributed by atoms with Crippen molar-refractivity contribution in [1.82, 2.24) is 0 Å². The number of carbonyl (C=O) groups excluding carboxylic acids is 1. The topological polar surface area (TPSA) is 35.5 Å². The summed E-state index contributed by atoms with van der Waals surface area (Å²) >= 11 is 0. The Bertz CT molecular complexity index is 553. The van der Waals surface area contributed by atoms with E-state index < -0.39 is 0 Å². The molecule has 1 aromatic carbocycles. The average Bonchev–Trinajstić information content (AvgIpc) is 2.80. The molecule has 0 spiro atoms. The molecule has 1 aromatic rings. The van der Waals surface area contributed by atoms with Gasteiger partial charge in [0.15, 0.2) is 0 Å². The van der Waals surface area contributed by atoms with Crippen LogP contribution in [0.2, 0.25) is 0 Å². The van der Waals surface area contributed by atoms with Crippen LogP contribution < -0.4 is 4.74 Å². The van der Waals surface area contributed by atoms with Gasteiger partial charge in [-0.15, -0.1) is 0 Å². The predicted octanol–water partition coefficient (Wildman–Crippen LogP) is 8.46. The summed E-state index contributed by atoms with van der Waals surface area (Å²) in [5, 5.41) is 0. The van der Waals surface area contributed by atoms with Crippen LogP contribution in [0.15, 0.2) is 24.3 Å². The molecule has 31 heavy (non-hydrogen) atoms. The van der Waals surface area contributed by atoms with Gasteiger partial charge in [0.25, 0.3) is 0 Å². The summed E-state index contributed by atoms with van der Waals surface area (Å²) in [6, 6.07) is 7.73. The van der Waals surface area contributed by atoms with Gasteiger partial charge in [-0.1, -0.05) is 109 Å². The van der Waals surface area contributed by atoms with Crippen LogP contribution in [0.4, 0.5) is 0 Å². The molecule has 1 rings (SSSR count). The van der Waals surface area contributed by atoms with E-state index in [1.54, 1.807) is 7.11 Å². The van der Waals surface area contributed by atoms with Crippen LogP contribution in [0.1, 0.15) is 122 Å². The number of methoxy groups -OCH3 is 1. The van der Waals surface area contributed by atoms with Crippen molar-refractivity contribution in [3.63, 3.8) is 0 Å². The molecule has 0 heterocycles. The summed E-state index contributed by atoms with van der Waals surface area (Å²) in [6.45, 7) is 6.99. The van der Waals surface area contributed by atoms with Crippen LogP contribution in [0.3, 0.4) is 0 Å². The van der Waals surface area contributed by atoms with Gasteiger partial charge < -0.3 is 9.47 Å². The Kier molecular flexibility index (Phi) is 16.1. The SMILES string of the molecule is CCCCCCCCC(CCCCCCCC)COC(=O)C(C)c1ccccc1OC. The molecule has 0 bridgehead atoms. The van der Waals surface area contributed by atoms with Crippen molar-refractivity contribution in [2.45, 2.75) is 117 Å². The number of esters is 1. The zero-order valence-corrected chi connectivity index (χ0v) is 20.8. The van der Waals surface area contributed by atoms with Gasteiger partial charge in [-0.2, -0.15) is 0 Å². The van der Waals surface area contributed by atoms with Crippen molar-refractivity contribution in [2.75, 3.05) is 13.7 Å². The maximum absolute atomic E-state index is 12.7. The molecular weight excluding hydrogens is 384 g/mol. The van der Waals surface area contributed by atoms with Crippen LogP contribution in [0.5, 0.6) is 5.75 Å². The predicted molar refractivity (Wildman–Crippen MR) is 132 cm³/mol. The second kappa shape index (κ2) is 18.1. The maximum Gasteiger partial charge on any atom is 0.313 e. The van der Waals surface area contributed by atoms with E-state index in [4.69, 9.17) is 9.47 Å². The van der Waals surface area contributed by atoms with Crippen molar-refractivity contribution in [2.24, 2.45) is 5.92 Å². The first-order valence-electron chi connectivity index (χ1n) is 12.9. The van der Waals surface area contributed by atoms with Crippen LogP contribution in [0, 0.1) is 5.92 Å². The molecule has 0 amide bonds. The molecule has 0 aliphatic heterocycles. The number of ether oxygens (including phenoxy) is 2. The minimum atomic E-state index is -0.306. The van der Waals surface area contributed by atoms with E-state index in [2.05, 4.69) is 13.8 Å². The molecule has 3 heteroatoms. The van der Waals surface area contributed by atoms with Crippen LogP contribution in [0.25, 0.3) is 0 Å². The monoisotopic (exact) mass is 432 g/mol. The van der Waals surface area contributed by atoms with E-state index in [1.807, 2.05) is 31.2 Å². The first-order valence-corrected chi connectivity index (χ1v) is 12.9. The van der Waals surface area contributed by atoms with Gasteiger partial charge in [0, 0.05) is 5.56 Å². The highest BCUT2D eigenvalue weighted by Crippen LogP contribution is 2.28. The molecule has 1 atom stereocenters. The highest BCUT2D eigenvalue weighted by molar-refractivity contribution is 5.78. The Morgan fingerprint density at radius 2 is 1.32 bits per heavy atom. The number of para-hydroxylation sites is 1. The quantitative estimate of drug-likeness (QED) is 0.162. The van der Waals surface area contributed by atoms with E-state index in [9.17, 15) is 4.79 Å². The second-order valence-corrected chi connectivity index (χ2v) is 9.07. The first-order chi connectivity index (χ1) is 15.1. The van der Waals surface area contributed by atoms with Gasteiger partial charge in [-0.05, 0) is 31.7 Å². The molecule has 0 aliphatic rings. The summed E-state index contributed by atoms with van der Waals surface area (Å²) in [4.78, 5) is 12.7. The maximum atomic E-state index is 12.7. The summed E-state index contributed by atoms with van der Waals surface area (Å²) < 4.78 is 11.2.